The number of rotatable bonds is 3. The number of hydrogen-bond donors (Lipinski definition) is 1. The van der Waals surface area contributed by atoms with E-state index in [1.807, 2.05) is 17.9 Å². The molecule has 90 valence electrons. The minimum absolute atomic E-state index is 0.246. The van der Waals surface area contributed by atoms with Crippen LogP contribution in [0, 0.1) is 0 Å². The zero-order chi connectivity index (χ0) is 11.5. The minimum Gasteiger partial charge on any atom is -0.326 e. The first kappa shape index (κ1) is 11.6. The molecule has 0 aliphatic carbocycles. The number of hydrogen-bond acceptors (Lipinski definition) is 3. The molecule has 0 radical (unpaired) electrons. The normalized spacial score (nSPS) is 27.2. The van der Waals surface area contributed by atoms with Crippen molar-refractivity contribution in [1.82, 2.24) is 14.7 Å². The van der Waals surface area contributed by atoms with Crippen molar-refractivity contribution in [2.45, 2.75) is 38.3 Å². The average molecular weight is 222 g/mol. The van der Waals surface area contributed by atoms with Crippen LogP contribution in [0.25, 0.3) is 0 Å². The summed E-state index contributed by atoms with van der Waals surface area (Å²) >= 11 is 0. The van der Waals surface area contributed by atoms with Gasteiger partial charge in [-0.25, -0.2) is 0 Å². The van der Waals surface area contributed by atoms with E-state index in [1.165, 1.54) is 18.5 Å². The Morgan fingerprint density at radius 2 is 2.38 bits per heavy atom. The van der Waals surface area contributed by atoms with E-state index in [0.29, 0.717) is 6.04 Å². The van der Waals surface area contributed by atoms with Gasteiger partial charge >= 0.3 is 0 Å². The largest absolute Gasteiger partial charge is 0.326 e. The average Bonchev–Trinajstić information content (AvgIpc) is 2.65. The molecule has 1 aromatic rings. The van der Waals surface area contributed by atoms with Crippen LogP contribution in [-0.2, 0) is 7.05 Å². The van der Waals surface area contributed by atoms with Gasteiger partial charge in [0.25, 0.3) is 0 Å². The lowest BCUT2D eigenvalue weighted by atomic mass is 9.94. The van der Waals surface area contributed by atoms with Crippen molar-refractivity contribution in [3.8, 4) is 0 Å². The van der Waals surface area contributed by atoms with Crippen molar-refractivity contribution >= 4 is 0 Å². The fourth-order valence-corrected chi connectivity index (χ4v) is 2.72. The van der Waals surface area contributed by atoms with Gasteiger partial charge in [0.1, 0.15) is 0 Å². The first-order chi connectivity index (χ1) is 7.74. The second-order valence-corrected chi connectivity index (χ2v) is 4.67. The molecule has 1 aliphatic heterocycles. The summed E-state index contributed by atoms with van der Waals surface area (Å²) in [4.78, 5) is 2.51. The van der Waals surface area contributed by atoms with Crippen LogP contribution in [0.15, 0.2) is 12.3 Å². The molecule has 2 unspecified atom stereocenters. The van der Waals surface area contributed by atoms with Crippen LogP contribution in [0.4, 0.5) is 0 Å². The predicted molar refractivity (Wildman–Crippen MR) is 65.0 cm³/mol. The number of likely N-dealkylation sites (tertiary alicyclic amines) is 1. The summed E-state index contributed by atoms with van der Waals surface area (Å²) < 4.78 is 1.96. The van der Waals surface area contributed by atoms with Crippen LogP contribution in [-0.4, -0.2) is 33.8 Å². The van der Waals surface area contributed by atoms with Gasteiger partial charge in [-0.15, -0.1) is 0 Å². The topological polar surface area (TPSA) is 47.1 Å². The summed E-state index contributed by atoms with van der Waals surface area (Å²) in [5.41, 5.74) is 7.53. The predicted octanol–water partition coefficient (Wildman–Crippen LogP) is 1.29. The van der Waals surface area contributed by atoms with E-state index in [1.54, 1.807) is 0 Å². The molecule has 1 fully saturated rings. The summed E-state index contributed by atoms with van der Waals surface area (Å²) in [6.45, 7) is 4.52. The number of piperidine rings is 1. The third-order valence-corrected chi connectivity index (χ3v) is 3.45. The van der Waals surface area contributed by atoms with Crippen LogP contribution in [0.2, 0.25) is 0 Å². The van der Waals surface area contributed by atoms with E-state index < -0.39 is 0 Å². The third-order valence-electron chi connectivity index (χ3n) is 3.45. The highest BCUT2D eigenvalue weighted by atomic mass is 15.3. The Labute approximate surface area is 97.4 Å². The van der Waals surface area contributed by atoms with Crippen molar-refractivity contribution in [3.05, 3.63) is 18.0 Å². The summed E-state index contributed by atoms with van der Waals surface area (Å²) in [5.74, 6) is 0. The summed E-state index contributed by atoms with van der Waals surface area (Å²) in [6, 6.07) is 2.69. The van der Waals surface area contributed by atoms with Crippen LogP contribution >= 0.6 is 0 Å². The Hall–Kier alpha value is -0.870. The fraction of sp³-hybridized carbons (Fsp3) is 0.750. The lowest BCUT2D eigenvalue weighted by Gasteiger charge is -2.39. The van der Waals surface area contributed by atoms with Gasteiger partial charge in [-0.3, -0.25) is 9.58 Å². The molecule has 4 heteroatoms. The Bertz CT molecular complexity index is 332. The lowest BCUT2D eigenvalue weighted by Crippen LogP contribution is -2.46. The van der Waals surface area contributed by atoms with Crippen molar-refractivity contribution in [1.29, 1.82) is 0 Å². The highest BCUT2D eigenvalue weighted by Gasteiger charge is 2.31. The van der Waals surface area contributed by atoms with Gasteiger partial charge < -0.3 is 5.73 Å². The van der Waals surface area contributed by atoms with Gasteiger partial charge in [-0.05, 0) is 38.4 Å². The molecular formula is C12H22N4. The lowest BCUT2D eigenvalue weighted by molar-refractivity contribution is 0.122. The zero-order valence-corrected chi connectivity index (χ0v) is 10.3. The molecule has 0 bridgehead atoms. The number of nitrogens with zero attached hydrogens (tertiary/aromatic N) is 3. The number of aromatic nitrogens is 2. The van der Waals surface area contributed by atoms with Crippen LogP contribution in [0.1, 0.15) is 37.9 Å². The van der Waals surface area contributed by atoms with Gasteiger partial charge in [0, 0.05) is 19.3 Å². The molecule has 1 aromatic heterocycles. The van der Waals surface area contributed by atoms with E-state index in [9.17, 15) is 0 Å². The summed E-state index contributed by atoms with van der Waals surface area (Å²) in [7, 11) is 2.00. The van der Waals surface area contributed by atoms with Gasteiger partial charge in [-0.1, -0.05) is 6.92 Å². The Kier molecular flexibility index (Phi) is 3.61. The molecule has 1 saturated heterocycles. The van der Waals surface area contributed by atoms with E-state index in [0.717, 1.165) is 19.5 Å². The number of nitrogens with two attached hydrogens (primary N) is 1. The second kappa shape index (κ2) is 4.97. The molecule has 2 atom stereocenters. The molecule has 4 nitrogen and oxygen atoms in total. The second-order valence-electron chi connectivity index (χ2n) is 4.67. The molecule has 1 aliphatic rings. The Morgan fingerprint density at radius 3 is 3.00 bits per heavy atom. The van der Waals surface area contributed by atoms with Gasteiger partial charge in [-0.2, -0.15) is 5.10 Å². The fourth-order valence-electron chi connectivity index (χ4n) is 2.72. The van der Waals surface area contributed by atoms with Gasteiger partial charge in [0.2, 0.25) is 0 Å². The maximum Gasteiger partial charge on any atom is 0.0670 e. The van der Waals surface area contributed by atoms with Crippen molar-refractivity contribution in [3.63, 3.8) is 0 Å². The highest BCUT2D eigenvalue weighted by Crippen LogP contribution is 2.29. The summed E-state index contributed by atoms with van der Waals surface area (Å²) in [6.07, 6.45) is 5.38. The Balaban J connectivity index is 2.22. The van der Waals surface area contributed by atoms with Crippen LogP contribution < -0.4 is 5.73 Å². The van der Waals surface area contributed by atoms with Gasteiger partial charge in [0.15, 0.2) is 0 Å². The molecule has 2 N–H and O–H groups in total. The van der Waals surface area contributed by atoms with Gasteiger partial charge in [0.05, 0.1) is 11.7 Å². The SMILES string of the molecule is CCCN1CCCC(N)C1c1ccnn1C. The first-order valence-electron chi connectivity index (χ1n) is 6.21. The molecule has 0 aromatic carbocycles. The van der Waals surface area contributed by atoms with E-state index in [2.05, 4.69) is 23.0 Å². The molecule has 2 heterocycles. The molecular weight excluding hydrogens is 200 g/mol. The number of aryl methyl sites for hydroxylation is 1. The van der Waals surface area contributed by atoms with Crippen LogP contribution in [0.3, 0.4) is 0 Å². The smallest absolute Gasteiger partial charge is 0.0670 e. The summed E-state index contributed by atoms with van der Waals surface area (Å²) in [5, 5.41) is 4.26. The highest BCUT2D eigenvalue weighted by molar-refractivity contribution is 5.11. The van der Waals surface area contributed by atoms with Crippen molar-refractivity contribution < 1.29 is 0 Å². The molecule has 0 saturated carbocycles. The minimum atomic E-state index is 0.246. The molecule has 0 amide bonds. The van der Waals surface area contributed by atoms with Crippen LogP contribution in [0.5, 0.6) is 0 Å². The first-order valence-corrected chi connectivity index (χ1v) is 6.21. The quantitative estimate of drug-likeness (QED) is 0.838. The molecule has 16 heavy (non-hydrogen) atoms. The van der Waals surface area contributed by atoms with E-state index in [-0.39, 0.29) is 6.04 Å². The van der Waals surface area contributed by atoms with E-state index >= 15 is 0 Å². The Morgan fingerprint density at radius 1 is 1.56 bits per heavy atom. The molecule has 0 spiro atoms. The maximum absolute atomic E-state index is 6.28. The van der Waals surface area contributed by atoms with Crippen molar-refractivity contribution in [2.24, 2.45) is 12.8 Å². The van der Waals surface area contributed by atoms with E-state index in [4.69, 9.17) is 5.73 Å². The standard InChI is InChI=1S/C12H22N4/c1-3-8-16-9-4-5-10(13)12(16)11-6-7-14-15(11)2/h6-7,10,12H,3-5,8-9,13H2,1-2H3. The monoisotopic (exact) mass is 222 g/mol. The third kappa shape index (κ3) is 2.13. The molecule has 2 rings (SSSR count). The maximum atomic E-state index is 6.28. The zero-order valence-electron chi connectivity index (χ0n) is 10.3. The van der Waals surface area contributed by atoms with Crippen molar-refractivity contribution in [2.75, 3.05) is 13.1 Å².